The largest absolute Gasteiger partial charge is 0.335 e. The number of nitrogens with one attached hydrogen (secondary N) is 1. The Hall–Kier alpha value is -1.82. The Bertz CT molecular complexity index is 626. The summed E-state index contributed by atoms with van der Waals surface area (Å²) < 4.78 is 13.2. The summed E-state index contributed by atoms with van der Waals surface area (Å²) in [6, 6.07) is 4.22. The number of nitrogens with zero attached hydrogens (tertiary/aromatic N) is 2. The molecule has 2 fully saturated rings. The number of halogens is 2. The third kappa shape index (κ3) is 3.80. The Kier molecular flexibility index (Phi) is 5.23. The van der Waals surface area contributed by atoms with Crippen LogP contribution in [-0.2, 0) is 0 Å². The summed E-state index contributed by atoms with van der Waals surface area (Å²) in [7, 11) is 0. The van der Waals surface area contributed by atoms with Gasteiger partial charge in [-0.2, -0.15) is 0 Å². The molecule has 1 aromatic rings. The van der Waals surface area contributed by atoms with Crippen LogP contribution in [0.5, 0.6) is 0 Å². The van der Waals surface area contributed by atoms with E-state index in [0.29, 0.717) is 37.8 Å². The molecule has 1 N–H and O–H groups in total. The van der Waals surface area contributed by atoms with Crippen LogP contribution >= 0.6 is 11.6 Å². The highest BCUT2D eigenvalue weighted by Crippen LogP contribution is 2.19. The molecule has 0 unspecified atom stereocenters. The zero-order valence-electron chi connectivity index (χ0n) is 13.4. The summed E-state index contributed by atoms with van der Waals surface area (Å²) in [5.41, 5.74) is 0.366. The van der Waals surface area contributed by atoms with Crippen LogP contribution in [0.3, 0.4) is 0 Å². The molecule has 2 aliphatic rings. The van der Waals surface area contributed by atoms with Crippen molar-refractivity contribution in [2.75, 3.05) is 26.2 Å². The molecule has 1 saturated heterocycles. The van der Waals surface area contributed by atoms with E-state index in [1.807, 2.05) is 0 Å². The van der Waals surface area contributed by atoms with Crippen molar-refractivity contribution in [3.05, 3.63) is 34.6 Å². The first kappa shape index (κ1) is 17.0. The molecule has 0 aromatic heterocycles. The maximum Gasteiger partial charge on any atom is 0.317 e. The number of amides is 3. The highest BCUT2D eigenvalue weighted by Gasteiger charge is 2.27. The topological polar surface area (TPSA) is 52.7 Å². The molecule has 3 rings (SSSR count). The minimum absolute atomic E-state index is 0.0428. The number of carbonyl (C=O) groups excluding carboxylic acids is 2. The van der Waals surface area contributed by atoms with E-state index in [1.165, 1.54) is 31.0 Å². The Labute approximate surface area is 145 Å². The molecule has 0 atom stereocenters. The van der Waals surface area contributed by atoms with Gasteiger partial charge in [0.2, 0.25) is 0 Å². The summed E-state index contributed by atoms with van der Waals surface area (Å²) in [4.78, 5) is 28.1. The van der Waals surface area contributed by atoms with Crippen molar-refractivity contribution in [1.29, 1.82) is 0 Å². The molecule has 3 amide bonds. The van der Waals surface area contributed by atoms with Crippen molar-refractivity contribution < 1.29 is 14.0 Å². The number of benzene rings is 1. The molecule has 1 aromatic carbocycles. The van der Waals surface area contributed by atoms with Gasteiger partial charge in [0.15, 0.2) is 0 Å². The lowest BCUT2D eigenvalue weighted by Gasteiger charge is -2.35. The molecule has 24 heavy (non-hydrogen) atoms. The van der Waals surface area contributed by atoms with Gasteiger partial charge < -0.3 is 15.1 Å². The van der Waals surface area contributed by atoms with Gasteiger partial charge in [-0.05, 0) is 31.0 Å². The first-order valence-electron chi connectivity index (χ1n) is 8.34. The van der Waals surface area contributed by atoms with Gasteiger partial charge in [0, 0.05) is 37.8 Å². The van der Waals surface area contributed by atoms with E-state index < -0.39 is 5.82 Å². The molecule has 1 aliphatic carbocycles. The SMILES string of the molecule is O=C(NC1CCCC1)N1CCN(C(=O)c2ccc(F)c(Cl)c2)CC1. The summed E-state index contributed by atoms with van der Waals surface area (Å²) in [5.74, 6) is -0.727. The monoisotopic (exact) mass is 353 g/mol. The van der Waals surface area contributed by atoms with E-state index in [2.05, 4.69) is 5.32 Å². The van der Waals surface area contributed by atoms with E-state index in [9.17, 15) is 14.0 Å². The van der Waals surface area contributed by atoms with Crippen LogP contribution in [0.4, 0.5) is 9.18 Å². The van der Waals surface area contributed by atoms with Gasteiger partial charge in [0.25, 0.3) is 5.91 Å². The fourth-order valence-electron chi connectivity index (χ4n) is 3.26. The fraction of sp³-hybridized carbons (Fsp3) is 0.529. The zero-order valence-corrected chi connectivity index (χ0v) is 14.2. The molecule has 1 saturated carbocycles. The summed E-state index contributed by atoms with van der Waals surface area (Å²) in [5, 5.41) is 3.00. The van der Waals surface area contributed by atoms with Gasteiger partial charge in [-0.25, -0.2) is 9.18 Å². The van der Waals surface area contributed by atoms with Gasteiger partial charge in [0.1, 0.15) is 5.82 Å². The number of hydrogen-bond acceptors (Lipinski definition) is 2. The van der Waals surface area contributed by atoms with Crippen LogP contribution in [0.1, 0.15) is 36.0 Å². The molecule has 7 heteroatoms. The lowest BCUT2D eigenvalue weighted by molar-refractivity contribution is 0.0663. The van der Waals surface area contributed by atoms with Crippen LogP contribution in [0.15, 0.2) is 18.2 Å². The third-order valence-corrected chi connectivity index (χ3v) is 4.99. The van der Waals surface area contributed by atoms with Gasteiger partial charge in [-0.15, -0.1) is 0 Å². The lowest BCUT2D eigenvalue weighted by atomic mass is 10.1. The molecule has 0 bridgehead atoms. The highest BCUT2D eigenvalue weighted by molar-refractivity contribution is 6.31. The van der Waals surface area contributed by atoms with Crippen LogP contribution in [0.25, 0.3) is 0 Å². The Morgan fingerprint density at radius 1 is 1.08 bits per heavy atom. The fourth-order valence-corrected chi connectivity index (χ4v) is 3.44. The van der Waals surface area contributed by atoms with Gasteiger partial charge in [-0.1, -0.05) is 24.4 Å². The summed E-state index contributed by atoms with van der Waals surface area (Å²) in [6.07, 6.45) is 4.45. The number of carbonyl (C=O) groups is 2. The Morgan fingerprint density at radius 3 is 2.33 bits per heavy atom. The zero-order chi connectivity index (χ0) is 17.1. The normalized spacial score (nSPS) is 18.8. The molecular weight excluding hydrogens is 333 g/mol. The van der Waals surface area contributed by atoms with Gasteiger partial charge in [-0.3, -0.25) is 4.79 Å². The molecule has 0 radical (unpaired) electrons. The second kappa shape index (κ2) is 7.38. The average Bonchev–Trinajstić information content (AvgIpc) is 3.10. The Balaban J connectivity index is 1.53. The Morgan fingerprint density at radius 2 is 1.71 bits per heavy atom. The standard InChI is InChI=1S/C17H21ClFN3O2/c18-14-11-12(5-6-15(14)19)16(23)21-7-9-22(10-8-21)17(24)20-13-3-1-2-4-13/h5-6,11,13H,1-4,7-10H2,(H,20,24). The quantitative estimate of drug-likeness (QED) is 0.888. The van der Waals surface area contributed by atoms with Crippen molar-refractivity contribution in [3.8, 4) is 0 Å². The van der Waals surface area contributed by atoms with Crippen LogP contribution < -0.4 is 5.32 Å². The minimum Gasteiger partial charge on any atom is -0.335 e. The van der Waals surface area contributed by atoms with E-state index in [-0.39, 0.29) is 17.0 Å². The second-order valence-corrected chi connectivity index (χ2v) is 6.75. The number of hydrogen-bond donors (Lipinski definition) is 1. The van der Waals surface area contributed by atoms with Crippen molar-refractivity contribution in [2.24, 2.45) is 0 Å². The maximum atomic E-state index is 13.2. The number of rotatable bonds is 2. The smallest absolute Gasteiger partial charge is 0.317 e. The molecule has 0 spiro atoms. The van der Waals surface area contributed by atoms with Gasteiger partial charge >= 0.3 is 6.03 Å². The van der Waals surface area contributed by atoms with Gasteiger partial charge in [0.05, 0.1) is 5.02 Å². The molecule has 1 heterocycles. The van der Waals surface area contributed by atoms with Crippen molar-refractivity contribution >= 4 is 23.5 Å². The second-order valence-electron chi connectivity index (χ2n) is 6.34. The van der Waals surface area contributed by atoms with Crippen molar-refractivity contribution in [2.45, 2.75) is 31.7 Å². The van der Waals surface area contributed by atoms with Crippen molar-refractivity contribution in [1.82, 2.24) is 15.1 Å². The number of urea groups is 1. The average molecular weight is 354 g/mol. The highest BCUT2D eigenvalue weighted by atomic mass is 35.5. The molecule has 5 nitrogen and oxygen atoms in total. The first-order valence-corrected chi connectivity index (χ1v) is 8.72. The van der Waals surface area contributed by atoms with Crippen LogP contribution in [0.2, 0.25) is 5.02 Å². The van der Waals surface area contributed by atoms with E-state index in [1.54, 1.807) is 9.80 Å². The van der Waals surface area contributed by atoms with E-state index in [0.717, 1.165) is 12.8 Å². The van der Waals surface area contributed by atoms with Crippen molar-refractivity contribution in [3.63, 3.8) is 0 Å². The predicted molar refractivity (Wildman–Crippen MR) is 89.7 cm³/mol. The van der Waals surface area contributed by atoms with Crippen LogP contribution in [0, 0.1) is 5.82 Å². The summed E-state index contributed by atoms with van der Waals surface area (Å²) >= 11 is 5.74. The summed E-state index contributed by atoms with van der Waals surface area (Å²) in [6.45, 7) is 1.93. The van der Waals surface area contributed by atoms with Crippen LogP contribution in [-0.4, -0.2) is 54.0 Å². The maximum absolute atomic E-state index is 13.2. The molecule has 130 valence electrons. The third-order valence-electron chi connectivity index (χ3n) is 4.70. The number of piperazine rings is 1. The minimum atomic E-state index is -0.540. The predicted octanol–water partition coefficient (Wildman–Crippen LogP) is 2.89. The van der Waals surface area contributed by atoms with E-state index in [4.69, 9.17) is 11.6 Å². The molecule has 1 aliphatic heterocycles. The molecular formula is C17H21ClFN3O2. The lowest BCUT2D eigenvalue weighted by Crippen LogP contribution is -2.54. The first-order chi connectivity index (χ1) is 11.5. The van der Waals surface area contributed by atoms with E-state index >= 15 is 0 Å².